The Bertz CT molecular complexity index is 9760. The molecule has 0 fully saturated rings. The Kier molecular flexibility index (Phi) is 19.6. The number of rotatable bonds is 12. The molecule has 0 N–H and O–H groups in total. The normalized spacial score (nSPS) is 13.1. The van der Waals surface area contributed by atoms with Crippen molar-refractivity contribution in [3.8, 4) is 89.3 Å². The summed E-state index contributed by atoms with van der Waals surface area (Å²) in [6.07, 6.45) is 0. The van der Waals surface area contributed by atoms with Gasteiger partial charge in [-0.25, -0.2) is 0 Å². The van der Waals surface area contributed by atoms with Crippen LogP contribution in [0.4, 0.5) is 34.1 Å². The van der Waals surface area contributed by atoms with Crippen LogP contribution in [-0.2, 0) is 21.7 Å². The molecule has 26 aromatic rings. The van der Waals surface area contributed by atoms with Crippen molar-refractivity contribution in [1.29, 1.82) is 0 Å². The van der Waals surface area contributed by atoms with Crippen LogP contribution in [0, 0.1) is 0 Å². The fraction of sp³-hybridized carbons (Fsp3) is 0.137. The minimum atomic E-state index is -0.492. The molecule has 2 aliphatic heterocycles. The molecule has 148 heavy (non-hydrogen) atoms. The summed E-state index contributed by atoms with van der Waals surface area (Å²) in [6.45, 7) is 32.5. The third-order valence-corrected chi connectivity index (χ3v) is 32.1. The van der Waals surface area contributed by atoms with E-state index in [2.05, 4.69) is 516 Å². The van der Waals surface area contributed by atoms with Crippen LogP contribution in [0.1, 0.15) is 131 Å². The van der Waals surface area contributed by atoms with E-state index in [0.29, 0.717) is 5.92 Å². The van der Waals surface area contributed by atoms with Gasteiger partial charge in [0.25, 0.3) is 6.71 Å². The van der Waals surface area contributed by atoms with Crippen molar-refractivity contribution in [2.75, 3.05) is 9.80 Å². The predicted octanol–water partition coefficient (Wildman–Crippen LogP) is 37.5. The van der Waals surface area contributed by atoms with E-state index >= 15 is 0 Å². The van der Waals surface area contributed by atoms with Crippen molar-refractivity contribution in [3.05, 3.63) is 428 Å². The Labute approximate surface area is 861 Å². The van der Waals surface area contributed by atoms with Crippen molar-refractivity contribution in [2.24, 2.45) is 0 Å². The van der Waals surface area contributed by atoms with Crippen LogP contribution in [0.2, 0.25) is 0 Å². The fourth-order valence-corrected chi connectivity index (χ4v) is 24.6. The van der Waals surface area contributed by atoms with Crippen LogP contribution < -0.4 is 26.2 Å². The Morgan fingerprint density at radius 2 is 0.568 bits per heavy atom. The first-order valence-electron chi connectivity index (χ1n) is 52.2. The summed E-state index contributed by atoms with van der Waals surface area (Å²) in [5.74, 6) is 0.294. The summed E-state index contributed by atoms with van der Waals surface area (Å²) >= 11 is 0. The monoisotopic (exact) mass is 1910 g/mol. The highest BCUT2D eigenvalue weighted by Crippen LogP contribution is 2.60. The lowest BCUT2D eigenvalue weighted by Gasteiger charge is -2.46. The Hall–Kier alpha value is -17.1. The standard InChI is InChI=1S/C139H109BN4O4/c1-81(2)84-59-66-114-104(69-84)94-39-21-26-48-113(94)141(114)91-62-65-112-118(78-91)144(135-109(97-46-33-55-127-131(97)101-42-24-29-51-123(101)147-127)76-90(139(12,13)14)77-110(135)98-47-34-56-128-132(98)102-43-25-30-52-124(102)148-128)120-80-92(142-115-67-60-87(136(3,4)5)72-105(115)106-73-88(137(6,7)8)61-68-116(106)142)79-119-133(120)140(112)111-64-58-86(93-63-57-85(82-35-17-15-18-36-82)70-103(93)83-37-19-16-20-38-83)71-117(111)143(119)134-107(95-44-31-53-125-129(95)99-40-22-27-49-121(99)145-125)74-89(138(9,10)11)75-108(134)96-45-32-54-126-130(96)100-41-23-28-50-122(100)146-126/h15-81H,1-14H3. The van der Waals surface area contributed by atoms with E-state index in [4.69, 9.17) is 17.7 Å². The summed E-state index contributed by atoms with van der Waals surface area (Å²) in [7, 11) is 0. The average molecular weight is 1910 g/mol. The Morgan fingerprint density at radius 3 is 1.00 bits per heavy atom. The first-order valence-corrected chi connectivity index (χ1v) is 52.2. The summed E-state index contributed by atoms with van der Waals surface area (Å²) in [5, 5.41) is 13.0. The maximum atomic E-state index is 7.22. The van der Waals surface area contributed by atoms with Crippen LogP contribution in [0.15, 0.2) is 418 Å². The second kappa shape index (κ2) is 32.7. The van der Waals surface area contributed by atoms with Crippen LogP contribution >= 0.6 is 0 Å². The van der Waals surface area contributed by atoms with Crippen molar-refractivity contribution in [2.45, 2.75) is 125 Å². The van der Waals surface area contributed by atoms with E-state index in [0.717, 1.165) is 261 Å². The number of aromatic nitrogens is 2. The molecule has 8 nitrogen and oxygen atoms in total. The summed E-state index contributed by atoms with van der Waals surface area (Å²) in [4.78, 5) is 5.56. The molecule has 0 spiro atoms. The van der Waals surface area contributed by atoms with Gasteiger partial charge in [-0.3, -0.25) is 0 Å². The van der Waals surface area contributed by atoms with E-state index in [-0.39, 0.29) is 10.8 Å². The van der Waals surface area contributed by atoms with Crippen molar-refractivity contribution >= 4 is 189 Å². The lowest BCUT2D eigenvalue weighted by atomic mass is 9.33. The largest absolute Gasteiger partial charge is 0.456 e. The molecule has 0 amide bonds. The fourth-order valence-electron chi connectivity index (χ4n) is 24.6. The van der Waals surface area contributed by atoms with E-state index in [1.54, 1.807) is 0 Å². The summed E-state index contributed by atoms with van der Waals surface area (Å²) < 4.78 is 34.1. The van der Waals surface area contributed by atoms with Crippen LogP contribution in [0.3, 0.4) is 0 Å². The molecule has 0 bridgehead atoms. The summed E-state index contributed by atoms with van der Waals surface area (Å²) in [5.41, 5.74) is 42.1. The zero-order valence-electron chi connectivity index (χ0n) is 85.7. The van der Waals surface area contributed by atoms with Gasteiger partial charge in [0.15, 0.2) is 0 Å². The maximum Gasteiger partial charge on any atom is 0.252 e. The molecule has 712 valence electrons. The predicted molar refractivity (Wildman–Crippen MR) is 625 cm³/mol. The third-order valence-electron chi connectivity index (χ3n) is 32.1. The number of para-hydroxylation sites is 5. The highest BCUT2D eigenvalue weighted by molar-refractivity contribution is 7.00. The van der Waals surface area contributed by atoms with Gasteiger partial charge in [-0.1, -0.05) is 346 Å². The lowest BCUT2D eigenvalue weighted by Crippen LogP contribution is -2.61. The number of nitrogens with zero attached hydrogens (tertiary/aromatic N) is 4. The number of hydrogen-bond acceptors (Lipinski definition) is 6. The van der Waals surface area contributed by atoms with Crippen molar-refractivity contribution in [1.82, 2.24) is 9.13 Å². The van der Waals surface area contributed by atoms with Gasteiger partial charge < -0.3 is 36.6 Å². The molecular formula is C139H109BN4O4. The minimum Gasteiger partial charge on any atom is -0.456 e. The Balaban J connectivity index is 0.874. The molecule has 0 saturated heterocycles. The van der Waals surface area contributed by atoms with Crippen LogP contribution in [0.25, 0.3) is 221 Å². The molecule has 8 heterocycles. The van der Waals surface area contributed by atoms with E-state index in [9.17, 15) is 0 Å². The van der Waals surface area contributed by atoms with E-state index < -0.39 is 17.5 Å². The second-order valence-corrected chi connectivity index (χ2v) is 45.5. The van der Waals surface area contributed by atoms with Gasteiger partial charge in [-0.2, -0.15) is 0 Å². The lowest BCUT2D eigenvalue weighted by molar-refractivity contribution is 0.590. The molecule has 6 aromatic heterocycles. The van der Waals surface area contributed by atoms with Gasteiger partial charge in [-0.15, -0.1) is 0 Å². The van der Waals surface area contributed by atoms with Crippen LogP contribution in [0.5, 0.6) is 0 Å². The SMILES string of the molecule is CC(C)c1ccc2c(c1)c1ccccc1n2-c1ccc2c(c1)N(c1c(-c3cccc4oc5ccccc5c34)cc(C(C)(C)C)cc1-c1cccc3oc4ccccc4c13)c1cc(-n3c4ccc(C(C)(C)C)cc4c4cc(C(C)(C)C)ccc43)cc3c1B2c1ccc(-c2ccc(-c4ccccc4)cc2-c2ccccc2)cc1N3c1c(-c2cccc3oc4ccccc4c23)cc(C(C)(C)C)cc1-c1cccc2oc3ccccc3c12. The summed E-state index contributed by atoms with van der Waals surface area (Å²) in [6, 6.07) is 152. The molecule has 9 heteroatoms. The van der Waals surface area contributed by atoms with Gasteiger partial charge in [0.2, 0.25) is 0 Å². The number of hydrogen-bond donors (Lipinski definition) is 0. The quantitative estimate of drug-likeness (QED) is 0.114. The minimum absolute atomic E-state index is 0.201. The molecule has 20 aromatic carbocycles. The molecule has 0 atom stereocenters. The zero-order chi connectivity index (χ0) is 100. The van der Waals surface area contributed by atoms with E-state index in [1.165, 1.54) is 38.2 Å². The van der Waals surface area contributed by atoms with Crippen molar-refractivity contribution < 1.29 is 17.7 Å². The molecule has 28 rings (SSSR count). The molecule has 0 saturated carbocycles. The zero-order valence-corrected chi connectivity index (χ0v) is 85.7. The number of benzene rings is 20. The van der Waals surface area contributed by atoms with Gasteiger partial charge in [-0.05, 0) is 279 Å². The van der Waals surface area contributed by atoms with Gasteiger partial charge in [0, 0.05) is 115 Å². The molecule has 0 radical (unpaired) electrons. The number of fused-ring (bicyclic) bond motifs is 22. The number of furan rings is 4. The topological polar surface area (TPSA) is 68.9 Å². The first kappa shape index (κ1) is 88.6. The van der Waals surface area contributed by atoms with Crippen molar-refractivity contribution in [3.63, 3.8) is 0 Å². The first-order chi connectivity index (χ1) is 71.8. The molecular weight excluding hydrogens is 1800 g/mol. The molecule has 0 unspecified atom stereocenters. The van der Waals surface area contributed by atoms with E-state index in [1.807, 2.05) is 0 Å². The highest BCUT2D eigenvalue weighted by atomic mass is 16.3. The van der Waals surface area contributed by atoms with Gasteiger partial charge in [0.1, 0.15) is 44.7 Å². The average Bonchev–Trinajstić information content (AvgIpc) is 1.07. The highest BCUT2D eigenvalue weighted by Gasteiger charge is 2.48. The van der Waals surface area contributed by atoms with Crippen LogP contribution in [-0.4, -0.2) is 15.8 Å². The van der Waals surface area contributed by atoms with Gasteiger partial charge >= 0.3 is 0 Å². The molecule has 0 aliphatic carbocycles. The second-order valence-electron chi connectivity index (χ2n) is 45.5. The third kappa shape index (κ3) is 13.7. The molecule has 2 aliphatic rings. The number of anilines is 6. The Morgan fingerprint density at radius 1 is 0.216 bits per heavy atom. The smallest absolute Gasteiger partial charge is 0.252 e. The van der Waals surface area contributed by atoms with Gasteiger partial charge in [0.05, 0.1) is 39.1 Å². The maximum absolute atomic E-state index is 7.22.